The van der Waals surface area contributed by atoms with Gasteiger partial charge in [-0.05, 0) is 12.8 Å². The van der Waals surface area contributed by atoms with Crippen molar-refractivity contribution in [1.82, 2.24) is 10.6 Å². The number of carboxylic acids is 1. The summed E-state index contributed by atoms with van der Waals surface area (Å²) in [6, 6.07) is -0.662. The van der Waals surface area contributed by atoms with Gasteiger partial charge >= 0.3 is 12.0 Å². The first-order valence-electron chi connectivity index (χ1n) is 5.84. The molecule has 0 spiro atoms. The van der Waals surface area contributed by atoms with Gasteiger partial charge in [-0.25, -0.2) is 4.79 Å². The van der Waals surface area contributed by atoms with Crippen molar-refractivity contribution >= 4 is 28.7 Å². The van der Waals surface area contributed by atoms with Gasteiger partial charge in [-0.15, -0.1) is 0 Å². The predicted molar refractivity (Wildman–Crippen MR) is 71.1 cm³/mol. The number of amides is 3. The van der Waals surface area contributed by atoms with E-state index >= 15 is 0 Å². The molecule has 0 rings (SSSR count). The monoisotopic (exact) mass is 292 g/mol. The van der Waals surface area contributed by atoms with Crippen LogP contribution in [0.4, 0.5) is 4.79 Å². The molecule has 3 unspecified atom stereocenters. The smallest absolute Gasteiger partial charge is 0.321 e. The summed E-state index contributed by atoms with van der Waals surface area (Å²) in [5.41, 5.74) is 0. The number of carbonyl (C=O) groups excluding carboxylic acids is 2. The Morgan fingerprint density at radius 2 is 1.79 bits per heavy atom. The van der Waals surface area contributed by atoms with Crippen LogP contribution < -0.4 is 10.6 Å². The lowest BCUT2D eigenvalue weighted by Gasteiger charge is -2.11. The van der Waals surface area contributed by atoms with E-state index in [1.807, 2.05) is 0 Å². The Kier molecular flexibility index (Phi) is 7.97. The fraction of sp³-hybridized carbons (Fsp3) is 0.727. The van der Waals surface area contributed by atoms with Crippen molar-refractivity contribution < 1.29 is 23.7 Å². The fourth-order valence-electron chi connectivity index (χ4n) is 1.26. The number of hydrogen-bond acceptors (Lipinski definition) is 4. The van der Waals surface area contributed by atoms with E-state index in [9.17, 15) is 18.6 Å². The number of imide groups is 1. The van der Waals surface area contributed by atoms with Crippen LogP contribution in [0.1, 0.15) is 26.7 Å². The number of carbonyl (C=O) groups is 3. The van der Waals surface area contributed by atoms with Gasteiger partial charge in [-0.3, -0.25) is 19.1 Å². The van der Waals surface area contributed by atoms with Crippen molar-refractivity contribution in [3.05, 3.63) is 0 Å². The average molecular weight is 292 g/mol. The second-order valence-electron chi connectivity index (χ2n) is 4.47. The maximum Gasteiger partial charge on any atom is 0.321 e. The number of urea groups is 1. The summed E-state index contributed by atoms with van der Waals surface area (Å²) in [6.07, 6.45) is 1.37. The molecule has 0 aliphatic heterocycles. The Morgan fingerprint density at radius 1 is 1.21 bits per heavy atom. The third-order valence-corrected chi connectivity index (χ3v) is 3.73. The maximum atomic E-state index is 11.4. The van der Waals surface area contributed by atoms with Crippen LogP contribution in [0.15, 0.2) is 0 Å². The zero-order valence-electron chi connectivity index (χ0n) is 11.3. The number of aliphatic carboxylic acids is 1. The zero-order chi connectivity index (χ0) is 15.0. The molecule has 0 aromatic carbocycles. The number of rotatable bonds is 7. The van der Waals surface area contributed by atoms with Gasteiger partial charge in [0.15, 0.2) is 0 Å². The Bertz CT molecular complexity index is 372. The lowest BCUT2D eigenvalue weighted by atomic mass is 10.0. The molecule has 19 heavy (non-hydrogen) atoms. The third-order valence-electron chi connectivity index (χ3n) is 2.43. The lowest BCUT2D eigenvalue weighted by Crippen LogP contribution is -2.43. The molecule has 0 aromatic rings. The van der Waals surface area contributed by atoms with Gasteiger partial charge in [-0.1, -0.05) is 6.92 Å². The van der Waals surface area contributed by atoms with Gasteiger partial charge < -0.3 is 10.4 Å². The normalized spacial score (nSPS) is 15.1. The van der Waals surface area contributed by atoms with E-state index in [0.29, 0.717) is 0 Å². The highest BCUT2D eigenvalue weighted by molar-refractivity contribution is 7.84. The van der Waals surface area contributed by atoms with Gasteiger partial charge in [0, 0.05) is 41.7 Å². The minimum Gasteiger partial charge on any atom is -0.481 e. The molecule has 3 atom stereocenters. The molecule has 0 bridgehead atoms. The van der Waals surface area contributed by atoms with Crippen molar-refractivity contribution in [3.63, 3.8) is 0 Å². The van der Waals surface area contributed by atoms with Crippen LogP contribution in [0, 0.1) is 5.92 Å². The molecule has 0 saturated heterocycles. The number of carboxylic acid groups (broad SMARTS) is 1. The summed E-state index contributed by atoms with van der Waals surface area (Å²) in [5, 5.41) is 12.9. The summed E-state index contributed by atoms with van der Waals surface area (Å²) >= 11 is 0. The van der Waals surface area contributed by atoms with Crippen LogP contribution in [0.2, 0.25) is 0 Å². The maximum absolute atomic E-state index is 11.4. The summed E-state index contributed by atoms with van der Waals surface area (Å²) in [7, 11) is -1.05. The summed E-state index contributed by atoms with van der Waals surface area (Å²) in [6.45, 7) is 3.54. The molecule has 0 fully saturated rings. The molecule has 0 aliphatic carbocycles. The summed E-state index contributed by atoms with van der Waals surface area (Å²) < 4.78 is 11.0. The zero-order valence-corrected chi connectivity index (χ0v) is 12.1. The molecule has 3 amide bonds. The van der Waals surface area contributed by atoms with E-state index in [1.54, 1.807) is 13.8 Å². The molecule has 0 radical (unpaired) electrons. The third kappa shape index (κ3) is 9.18. The first kappa shape index (κ1) is 17.6. The quantitative estimate of drug-likeness (QED) is 0.615. The molecule has 0 saturated carbocycles. The van der Waals surface area contributed by atoms with Crippen molar-refractivity contribution in [2.75, 3.05) is 12.8 Å². The molecule has 0 aliphatic rings. The summed E-state index contributed by atoms with van der Waals surface area (Å²) in [5.74, 6) is -1.85. The highest BCUT2D eigenvalue weighted by Crippen LogP contribution is 2.06. The van der Waals surface area contributed by atoms with Crippen LogP contribution in [-0.2, 0) is 20.4 Å². The highest BCUT2D eigenvalue weighted by atomic mass is 32.2. The molecule has 3 N–H and O–H groups in total. The van der Waals surface area contributed by atoms with E-state index in [0.717, 1.165) is 0 Å². The Labute approximate surface area is 114 Å². The topological polar surface area (TPSA) is 113 Å². The predicted octanol–water partition coefficient (Wildman–Crippen LogP) is 0.0801. The van der Waals surface area contributed by atoms with Gasteiger partial charge in [0.1, 0.15) is 0 Å². The van der Waals surface area contributed by atoms with E-state index < -0.39 is 28.7 Å². The second-order valence-corrected chi connectivity index (χ2v) is 6.28. The van der Waals surface area contributed by atoms with Gasteiger partial charge in [-0.2, -0.15) is 0 Å². The van der Waals surface area contributed by atoms with Gasteiger partial charge in [0.05, 0.1) is 0 Å². The van der Waals surface area contributed by atoms with Crippen LogP contribution in [0.3, 0.4) is 0 Å². The van der Waals surface area contributed by atoms with E-state index in [4.69, 9.17) is 5.11 Å². The van der Waals surface area contributed by atoms with Crippen molar-refractivity contribution in [1.29, 1.82) is 0 Å². The van der Waals surface area contributed by atoms with Gasteiger partial charge in [0.25, 0.3) is 0 Å². The Hall–Kier alpha value is -1.44. The minimum atomic E-state index is -1.05. The van der Waals surface area contributed by atoms with E-state index in [1.165, 1.54) is 6.26 Å². The molecule has 110 valence electrons. The van der Waals surface area contributed by atoms with Crippen molar-refractivity contribution in [2.24, 2.45) is 5.92 Å². The van der Waals surface area contributed by atoms with Gasteiger partial charge in [0.2, 0.25) is 5.91 Å². The van der Waals surface area contributed by atoms with Crippen LogP contribution in [0.25, 0.3) is 0 Å². The SMILES string of the molecule is CC(CC(=O)O)CC(=O)NC(=O)NCC(C)S(C)=O. The first-order chi connectivity index (χ1) is 8.72. The summed E-state index contributed by atoms with van der Waals surface area (Å²) in [4.78, 5) is 33.1. The van der Waals surface area contributed by atoms with E-state index in [2.05, 4.69) is 10.6 Å². The number of hydrogen-bond donors (Lipinski definition) is 3. The highest BCUT2D eigenvalue weighted by Gasteiger charge is 2.15. The molecule has 7 nitrogen and oxygen atoms in total. The number of nitrogens with one attached hydrogen (secondary N) is 2. The standard InChI is InChI=1S/C11H20N2O5S/c1-7(5-10(15)16)4-9(14)13-11(17)12-6-8(2)19(3)18/h7-8H,4-6H2,1-3H3,(H,15,16)(H2,12,13,14,17). The molecular formula is C11H20N2O5S. The average Bonchev–Trinajstić information content (AvgIpc) is 2.23. The minimum absolute atomic E-state index is 0.0328. The van der Waals surface area contributed by atoms with Crippen LogP contribution in [0.5, 0.6) is 0 Å². The molecule has 0 aromatic heterocycles. The van der Waals surface area contributed by atoms with Crippen molar-refractivity contribution in [2.45, 2.75) is 31.9 Å². The van der Waals surface area contributed by atoms with Crippen LogP contribution in [-0.4, -0.2) is 45.3 Å². The Morgan fingerprint density at radius 3 is 2.26 bits per heavy atom. The molecule has 8 heteroatoms. The molecule has 0 heterocycles. The van der Waals surface area contributed by atoms with Crippen molar-refractivity contribution in [3.8, 4) is 0 Å². The largest absolute Gasteiger partial charge is 0.481 e. The lowest BCUT2D eigenvalue weighted by molar-refractivity contribution is -0.138. The fourth-order valence-corrected chi connectivity index (χ4v) is 1.58. The molecular weight excluding hydrogens is 272 g/mol. The van der Waals surface area contributed by atoms with E-state index in [-0.39, 0.29) is 30.6 Å². The van der Waals surface area contributed by atoms with Crippen LogP contribution >= 0.6 is 0 Å². The Balaban J connectivity index is 3.96. The second kappa shape index (κ2) is 8.63. The first-order valence-corrected chi connectivity index (χ1v) is 7.46.